The van der Waals surface area contributed by atoms with Gasteiger partial charge in [0.15, 0.2) is 29.2 Å². The zero-order valence-corrected chi connectivity index (χ0v) is 34.4. The number of benzene rings is 2. The van der Waals surface area contributed by atoms with Crippen molar-refractivity contribution in [3.8, 4) is 23.0 Å². The van der Waals surface area contributed by atoms with E-state index < -0.39 is 18.4 Å². The minimum Gasteiger partial charge on any atom is -0.493 e. The van der Waals surface area contributed by atoms with E-state index in [-0.39, 0.29) is 47.5 Å². The fourth-order valence-corrected chi connectivity index (χ4v) is 9.22. The molecule has 1 aromatic heterocycles. The maximum absolute atomic E-state index is 13.9. The molecule has 0 radical (unpaired) electrons. The molecule has 1 unspecified atom stereocenters. The largest absolute Gasteiger partial charge is 0.493 e. The van der Waals surface area contributed by atoms with Crippen LogP contribution < -0.4 is 23.8 Å². The van der Waals surface area contributed by atoms with Crippen LogP contribution in [0.25, 0.3) is 0 Å². The lowest BCUT2D eigenvalue weighted by atomic mass is 10.1. The van der Waals surface area contributed by atoms with E-state index in [1.165, 1.54) is 40.7 Å². The number of ether oxygens (including phenoxy) is 5. The van der Waals surface area contributed by atoms with Crippen molar-refractivity contribution in [1.82, 2.24) is 14.8 Å². The van der Waals surface area contributed by atoms with Gasteiger partial charge in [-0.3, -0.25) is 14.6 Å². The van der Waals surface area contributed by atoms with Gasteiger partial charge in [-0.25, -0.2) is 14.7 Å². The first-order valence-electron chi connectivity index (χ1n) is 19.1. The van der Waals surface area contributed by atoms with Gasteiger partial charge in [0.1, 0.15) is 11.6 Å². The number of amides is 3. The number of hydrogen-bond acceptors (Lipinski definition) is 13. The molecule has 1 N–H and O–H groups in total. The summed E-state index contributed by atoms with van der Waals surface area (Å²) in [5, 5.41) is 12.4. The second kappa shape index (κ2) is 18.2. The lowest BCUT2D eigenvalue weighted by Gasteiger charge is -2.31. The standard InChI is InChI=1S/C42H47N5O9S2/c1-25-15-28-21-44-31-19-36(34(52-4)17-29(31)39(48)45(28)22-25)54-13-9-6-10-14-55-37-20-32-30(18-35(37)53-5)40(49)46-23-26(2)16-33(46)41(50)47(32)42(51)56-24-27(3)57-58-38-11-7-8-12-43-38/h7-8,11-12,17-21,27-28,33,41,50H,1-2,6,9-10,13-16,22-24H2,3-5H3/t27-,28+,33?,41+/m1/s1. The Morgan fingerprint density at radius 1 is 0.897 bits per heavy atom. The number of anilines is 1. The van der Waals surface area contributed by atoms with Crippen molar-refractivity contribution in [2.24, 2.45) is 4.99 Å². The third kappa shape index (κ3) is 8.78. The predicted molar refractivity (Wildman–Crippen MR) is 223 cm³/mol. The third-order valence-electron chi connectivity index (χ3n) is 10.3. The molecule has 4 aliphatic rings. The van der Waals surface area contributed by atoms with Crippen LogP contribution in [0.3, 0.4) is 0 Å². The minimum absolute atomic E-state index is 0.0585. The van der Waals surface area contributed by atoms with Crippen molar-refractivity contribution >= 4 is 57.1 Å². The molecule has 4 atom stereocenters. The number of aliphatic imine (C=N–C) groups is 1. The fraction of sp³-hybridized carbons (Fsp3) is 0.405. The molecule has 2 saturated heterocycles. The summed E-state index contributed by atoms with van der Waals surface area (Å²) in [6, 6.07) is 11.4. The summed E-state index contributed by atoms with van der Waals surface area (Å²) in [4.78, 5) is 54.5. The van der Waals surface area contributed by atoms with E-state index in [1.54, 1.807) is 41.6 Å². The Hall–Kier alpha value is -5.19. The minimum atomic E-state index is -1.40. The molecule has 5 heterocycles. The van der Waals surface area contributed by atoms with Gasteiger partial charge in [0, 0.05) is 42.9 Å². The summed E-state index contributed by atoms with van der Waals surface area (Å²) >= 11 is 0. The Morgan fingerprint density at radius 3 is 2.28 bits per heavy atom. The molecule has 3 aromatic rings. The molecule has 0 aliphatic carbocycles. The Kier molecular flexibility index (Phi) is 12.8. The fourth-order valence-electron chi connectivity index (χ4n) is 7.35. The maximum Gasteiger partial charge on any atom is 0.416 e. The van der Waals surface area contributed by atoms with E-state index in [0.717, 1.165) is 27.5 Å². The van der Waals surface area contributed by atoms with E-state index >= 15 is 0 Å². The van der Waals surface area contributed by atoms with Crippen LogP contribution in [0, 0.1) is 0 Å². The summed E-state index contributed by atoms with van der Waals surface area (Å²) in [5.74, 6) is 1.12. The molecule has 58 heavy (non-hydrogen) atoms. The van der Waals surface area contributed by atoms with Gasteiger partial charge in [0.05, 0.1) is 62.0 Å². The van der Waals surface area contributed by atoms with Crippen LogP contribution in [0.4, 0.5) is 16.2 Å². The monoisotopic (exact) mass is 829 g/mol. The van der Waals surface area contributed by atoms with Gasteiger partial charge in [0.25, 0.3) is 11.8 Å². The maximum atomic E-state index is 13.9. The molecule has 16 heteroatoms. The number of hydrogen-bond donors (Lipinski definition) is 1. The predicted octanol–water partition coefficient (Wildman–Crippen LogP) is 7.09. The lowest BCUT2D eigenvalue weighted by Crippen LogP contribution is -2.51. The Balaban J connectivity index is 0.982. The number of aromatic nitrogens is 1. The highest BCUT2D eigenvalue weighted by atomic mass is 33.1. The van der Waals surface area contributed by atoms with E-state index in [0.29, 0.717) is 79.7 Å². The number of aliphatic hydroxyl groups is 1. The average molecular weight is 830 g/mol. The zero-order valence-electron chi connectivity index (χ0n) is 32.8. The van der Waals surface area contributed by atoms with Crippen LogP contribution in [0.5, 0.6) is 23.0 Å². The number of fused-ring (bicyclic) bond motifs is 4. The van der Waals surface area contributed by atoms with E-state index in [1.807, 2.05) is 25.1 Å². The molecule has 3 amide bonds. The van der Waals surface area contributed by atoms with Crippen molar-refractivity contribution < 1.29 is 43.2 Å². The molecule has 4 aliphatic heterocycles. The normalized spacial score (nSPS) is 20.1. The summed E-state index contributed by atoms with van der Waals surface area (Å²) < 4.78 is 29.3. The number of methoxy groups -OCH3 is 2. The SMILES string of the molecule is C=C1CC2[C@H](O)N(C(=O)OC[C@@H](C)SSc3ccccn3)c3cc(OCCCCCOc4cc5c(cc4OC)C(=O)N4CC(=C)C[C@H]4C=N5)c(OC)cc3C(=O)N2C1. The molecule has 0 saturated carbocycles. The number of nitrogens with zero attached hydrogens (tertiary/aromatic N) is 5. The number of carbonyl (C=O) groups excluding carboxylic acids is 3. The Labute approximate surface area is 345 Å². The number of unbranched alkanes of at least 4 members (excludes halogenated alkanes) is 2. The van der Waals surface area contributed by atoms with Crippen molar-refractivity contribution in [3.63, 3.8) is 0 Å². The van der Waals surface area contributed by atoms with Gasteiger partial charge in [-0.2, -0.15) is 0 Å². The quantitative estimate of drug-likeness (QED) is 0.0946. The highest BCUT2D eigenvalue weighted by Gasteiger charge is 2.46. The van der Waals surface area contributed by atoms with Crippen molar-refractivity contribution in [2.45, 2.75) is 67.6 Å². The first-order valence-corrected chi connectivity index (χ1v) is 21.3. The summed E-state index contributed by atoms with van der Waals surface area (Å²) in [6.07, 6.45) is 4.48. The van der Waals surface area contributed by atoms with Crippen molar-refractivity contribution in [2.75, 3.05) is 52.0 Å². The van der Waals surface area contributed by atoms with Gasteiger partial charge in [-0.05, 0) is 74.1 Å². The zero-order chi connectivity index (χ0) is 40.9. The first kappa shape index (κ1) is 41.0. The van der Waals surface area contributed by atoms with E-state index in [2.05, 4.69) is 23.1 Å². The van der Waals surface area contributed by atoms with Gasteiger partial charge < -0.3 is 38.6 Å². The molecular formula is C42H47N5O9S2. The third-order valence-corrected chi connectivity index (χ3v) is 13.0. The highest BCUT2D eigenvalue weighted by molar-refractivity contribution is 8.76. The van der Waals surface area contributed by atoms with Crippen LogP contribution in [-0.2, 0) is 4.74 Å². The second-order valence-electron chi connectivity index (χ2n) is 14.5. The number of carbonyl (C=O) groups is 3. The second-order valence-corrected chi connectivity index (χ2v) is 17.2. The molecular weight excluding hydrogens is 783 g/mol. The van der Waals surface area contributed by atoms with Gasteiger partial charge in [-0.15, -0.1) is 0 Å². The number of aliphatic hydroxyl groups excluding tert-OH is 1. The summed E-state index contributed by atoms with van der Waals surface area (Å²) in [5.41, 5.74) is 3.13. The van der Waals surface area contributed by atoms with Crippen LogP contribution in [0.15, 0.2) is 83.0 Å². The summed E-state index contributed by atoms with van der Waals surface area (Å²) in [6.45, 7) is 11.5. The topological polar surface area (TPSA) is 153 Å². The Bertz CT molecular complexity index is 2100. The number of pyridine rings is 1. The van der Waals surface area contributed by atoms with E-state index in [4.69, 9.17) is 23.7 Å². The molecule has 7 rings (SSSR count). The lowest BCUT2D eigenvalue weighted by molar-refractivity contribution is 0.0491. The van der Waals surface area contributed by atoms with Gasteiger partial charge >= 0.3 is 6.09 Å². The molecule has 0 bridgehead atoms. The van der Waals surface area contributed by atoms with E-state index in [9.17, 15) is 19.5 Å². The first-order chi connectivity index (χ1) is 28.1. The van der Waals surface area contributed by atoms with Crippen LogP contribution in [0.2, 0.25) is 0 Å². The molecule has 2 fully saturated rings. The van der Waals surface area contributed by atoms with Crippen molar-refractivity contribution in [1.29, 1.82) is 0 Å². The van der Waals surface area contributed by atoms with Crippen LogP contribution in [-0.4, -0.2) is 115 Å². The smallest absolute Gasteiger partial charge is 0.416 e. The van der Waals surface area contributed by atoms with Gasteiger partial charge in [0.2, 0.25) is 0 Å². The molecule has 14 nitrogen and oxygen atoms in total. The Morgan fingerprint density at radius 2 is 1.57 bits per heavy atom. The number of rotatable bonds is 15. The molecule has 306 valence electrons. The average Bonchev–Trinajstić information content (AvgIpc) is 3.77. The van der Waals surface area contributed by atoms with Crippen LogP contribution >= 0.6 is 21.6 Å². The summed E-state index contributed by atoms with van der Waals surface area (Å²) in [7, 11) is 6.01. The van der Waals surface area contributed by atoms with Crippen LogP contribution in [0.1, 0.15) is 59.7 Å². The van der Waals surface area contributed by atoms with Crippen molar-refractivity contribution in [3.05, 3.63) is 84.1 Å². The highest BCUT2D eigenvalue weighted by Crippen LogP contribution is 2.43. The molecule has 2 aromatic carbocycles. The van der Waals surface area contributed by atoms with Gasteiger partial charge in [-0.1, -0.05) is 41.2 Å². The molecule has 0 spiro atoms.